The summed E-state index contributed by atoms with van der Waals surface area (Å²) in [5.74, 6) is 0.837. The summed E-state index contributed by atoms with van der Waals surface area (Å²) in [7, 11) is 0. The van der Waals surface area contributed by atoms with Crippen molar-refractivity contribution >= 4 is 0 Å². The van der Waals surface area contributed by atoms with E-state index in [1.165, 1.54) is 0 Å². The number of rotatable bonds is 4. The Morgan fingerprint density at radius 1 is 1.20 bits per heavy atom. The van der Waals surface area contributed by atoms with Gasteiger partial charge in [-0.3, -0.25) is 4.79 Å². The van der Waals surface area contributed by atoms with E-state index in [0.29, 0.717) is 13.2 Å². The van der Waals surface area contributed by atoms with Crippen molar-refractivity contribution in [2.75, 3.05) is 6.61 Å². The summed E-state index contributed by atoms with van der Waals surface area (Å²) in [5, 5.41) is 0. The third-order valence-electron chi connectivity index (χ3n) is 3.03. The number of aryl methyl sites for hydroxylation is 1. The minimum Gasteiger partial charge on any atom is -0.494 e. The summed E-state index contributed by atoms with van der Waals surface area (Å²) in [5.41, 5.74) is 2.56. The average Bonchev–Trinajstić information content (AvgIpc) is 2.43. The van der Waals surface area contributed by atoms with Gasteiger partial charge < -0.3 is 9.30 Å². The fraction of sp³-hybridized carbons (Fsp3) is 0.312. The molecule has 2 rings (SSSR count). The van der Waals surface area contributed by atoms with Gasteiger partial charge in [0, 0.05) is 39.3 Å². The van der Waals surface area contributed by atoms with E-state index in [9.17, 15) is 4.79 Å². The van der Waals surface area contributed by atoms with Crippen molar-refractivity contribution in [3.05, 3.63) is 52.3 Å². The maximum absolute atomic E-state index is 12.1. The zero-order valence-corrected chi connectivity index (χ0v) is 15.0. The Bertz CT molecular complexity index is 617. The minimum absolute atomic E-state index is 0. The average molecular weight is 345 g/mol. The molecule has 0 atom stereocenters. The van der Waals surface area contributed by atoms with E-state index in [-0.39, 0.29) is 38.3 Å². The fourth-order valence-electron chi connectivity index (χ4n) is 2.05. The Morgan fingerprint density at radius 3 is 2.40 bits per heavy atom. The second-order valence-electron chi connectivity index (χ2n) is 4.33. The number of pyridine rings is 1. The first kappa shape index (κ1) is 17.1. The van der Waals surface area contributed by atoms with Crippen LogP contribution in [0.1, 0.15) is 19.4 Å². The van der Waals surface area contributed by atoms with E-state index in [0.717, 1.165) is 22.6 Å². The normalized spacial score (nSPS) is 9.95. The molecule has 1 aromatic carbocycles. The second-order valence-corrected chi connectivity index (χ2v) is 4.33. The summed E-state index contributed by atoms with van der Waals surface area (Å²) in [4.78, 5) is 12.1. The van der Waals surface area contributed by atoms with Crippen LogP contribution in [0.15, 0.2) is 35.1 Å². The molecule has 103 valence electrons. The van der Waals surface area contributed by atoms with Crippen LogP contribution in [0.2, 0.25) is 0 Å². The number of aromatic nitrogens is 1. The first-order chi connectivity index (χ1) is 9.17. The molecule has 2 aromatic rings. The molecule has 3 nitrogen and oxygen atoms in total. The SMILES string of the molecule is CCOc1ccc(-c2[c-]cc(C)c(=O)n2CC)cc1.[Y]. The minimum atomic E-state index is 0. The van der Waals surface area contributed by atoms with Gasteiger partial charge in [-0.25, -0.2) is 0 Å². The molecule has 0 unspecified atom stereocenters. The maximum atomic E-state index is 12.1. The summed E-state index contributed by atoms with van der Waals surface area (Å²) in [6.45, 7) is 7.02. The largest absolute Gasteiger partial charge is 0.494 e. The molecule has 0 fully saturated rings. The van der Waals surface area contributed by atoms with Gasteiger partial charge in [0.25, 0.3) is 0 Å². The Balaban J connectivity index is 0.00000200. The third-order valence-corrected chi connectivity index (χ3v) is 3.03. The van der Waals surface area contributed by atoms with E-state index in [4.69, 9.17) is 4.74 Å². The molecular weight excluding hydrogens is 327 g/mol. The molecule has 0 saturated carbocycles. The van der Waals surface area contributed by atoms with Crippen molar-refractivity contribution in [1.82, 2.24) is 4.57 Å². The van der Waals surface area contributed by atoms with E-state index >= 15 is 0 Å². The van der Waals surface area contributed by atoms with E-state index in [1.807, 2.05) is 45.0 Å². The summed E-state index contributed by atoms with van der Waals surface area (Å²) in [6.07, 6.45) is 0. The van der Waals surface area contributed by atoms with Gasteiger partial charge in [-0.1, -0.05) is 23.7 Å². The third kappa shape index (κ3) is 3.59. The molecule has 0 saturated heterocycles. The molecule has 0 aliphatic heterocycles. The summed E-state index contributed by atoms with van der Waals surface area (Å²) < 4.78 is 7.16. The van der Waals surface area contributed by atoms with Gasteiger partial charge in [0.15, 0.2) is 5.56 Å². The van der Waals surface area contributed by atoms with Gasteiger partial charge in [-0.2, -0.15) is 12.1 Å². The van der Waals surface area contributed by atoms with Crippen molar-refractivity contribution in [3.8, 4) is 17.0 Å². The molecule has 1 heterocycles. The van der Waals surface area contributed by atoms with Gasteiger partial charge in [0.05, 0.1) is 6.61 Å². The van der Waals surface area contributed by atoms with Crippen molar-refractivity contribution in [3.63, 3.8) is 0 Å². The van der Waals surface area contributed by atoms with Crippen LogP contribution in [0.25, 0.3) is 11.3 Å². The Hall–Kier alpha value is -0.926. The number of nitrogens with zero attached hydrogens (tertiary/aromatic N) is 1. The van der Waals surface area contributed by atoms with E-state index < -0.39 is 0 Å². The Morgan fingerprint density at radius 2 is 1.85 bits per heavy atom. The summed E-state index contributed by atoms with van der Waals surface area (Å²) >= 11 is 0. The van der Waals surface area contributed by atoms with Crippen molar-refractivity contribution in [2.24, 2.45) is 0 Å². The van der Waals surface area contributed by atoms with Crippen molar-refractivity contribution in [2.45, 2.75) is 27.3 Å². The molecule has 0 aliphatic rings. The maximum Gasteiger partial charge on any atom is 0.197 e. The molecule has 0 amide bonds. The Labute approximate surface area is 144 Å². The van der Waals surface area contributed by atoms with Crippen LogP contribution in [0.5, 0.6) is 5.75 Å². The van der Waals surface area contributed by atoms with Crippen LogP contribution in [0.4, 0.5) is 0 Å². The Kier molecular flexibility index (Phi) is 6.64. The molecule has 0 spiro atoms. The predicted octanol–water partition coefficient (Wildman–Crippen LogP) is 3.04. The van der Waals surface area contributed by atoms with Crippen molar-refractivity contribution < 1.29 is 37.4 Å². The van der Waals surface area contributed by atoms with Crippen LogP contribution >= 0.6 is 0 Å². The quantitative estimate of drug-likeness (QED) is 0.798. The van der Waals surface area contributed by atoms with Crippen LogP contribution < -0.4 is 10.3 Å². The van der Waals surface area contributed by atoms with Crippen molar-refractivity contribution in [1.29, 1.82) is 0 Å². The summed E-state index contributed by atoms with van der Waals surface area (Å²) in [6, 6.07) is 12.7. The molecule has 20 heavy (non-hydrogen) atoms. The monoisotopic (exact) mass is 345 g/mol. The zero-order chi connectivity index (χ0) is 13.8. The van der Waals surface area contributed by atoms with Crippen LogP contribution in [0.3, 0.4) is 0 Å². The molecular formula is C16H18NO2Y-. The van der Waals surface area contributed by atoms with Crippen LogP contribution in [-0.2, 0) is 39.3 Å². The van der Waals surface area contributed by atoms with Gasteiger partial charge in [-0.15, -0.1) is 12.1 Å². The topological polar surface area (TPSA) is 31.2 Å². The number of hydrogen-bond acceptors (Lipinski definition) is 2. The smallest absolute Gasteiger partial charge is 0.197 e. The van der Waals surface area contributed by atoms with Gasteiger partial charge in [-0.05, 0) is 26.0 Å². The number of ether oxygens (including phenoxy) is 1. The zero-order valence-electron chi connectivity index (χ0n) is 12.1. The standard InChI is InChI=1S/C16H18NO2.Y/c1-4-17-15(11-6-12(3)16(17)18)13-7-9-14(10-8-13)19-5-2;/h6-10H,4-5H2,1-3H3;/q-1;. The van der Waals surface area contributed by atoms with E-state index in [2.05, 4.69) is 6.07 Å². The molecule has 1 aromatic heterocycles. The van der Waals surface area contributed by atoms with Crippen LogP contribution in [-0.4, -0.2) is 11.2 Å². The molecule has 0 bridgehead atoms. The molecule has 0 aliphatic carbocycles. The first-order valence-corrected chi connectivity index (χ1v) is 6.52. The van der Waals surface area contributed by atoms with Crippen LogP contribution in [0, 0.1) is 13.0 Å². The number of benzene rings is 1. The first-order valence-electron chi connectivity index (χ1n) is 6.52. The fourth-order valence-corrected chi connectivity index (χ4v) is 2.05. The molecule has 4 heteroatoms. The molecule has 1 radical (unpaired) electrons. The predicted molar refractivity (Wildman–Crippen MR) is 76.6 cm³/mol. The van der Waals surface area contributed by atoms with Gasteiger partial charge in [0.1, 0.15) is 5.75 Å². The van der Waals surface area contributed by atoms with Gasteiger partial charge in [0.2, 0.25) is 0 Å². The number of hydrogen-bond donors (Lipinski definition) is 0. The molecule has 0 N–H and O–H groups in total. The second kappa shape index (κ2) is 7.75. The van der Waals surface area contributed by atoms with Gasteiger partial charge >= 0.3 is 0 Å². The van der Waals surface area contributed by atoms with E-state index in [1.54, 1.807) is 10.6 Å².